The van der Waals surface area contributed by atoms with Crippen LogP contribution in [0.15, 0.2) is 51.8 Å². The van der Waals surface area contributed by atoms with E-state index in [0.717, 1.165) is 18.4 Å². The number of carbonyl (C=O) groups is 1. The topological polar surface area (TPSA) is 97.3 Å². The van der Waals surface area contributed by atoms with E-state index in [9.17, 15) is 13.2 Å². The molecule has 2 aromatic rings. The average molecular weight is 486 g/mol. The summed E-state index contributed by atoms with van der Waals surface area (Å²) in [6, 6.07) is 12.3. The summed E-state index contributed by atoms with van der Waals surface area (Å²) >= 11 is 0. The molecule has 0 spiro atoms. The van der Waals surface area contributed by atoms with Crippen LogP contribution in [0.25, 0.3) is 0 Å². The molecule has 4 rings (SSSR count). The van der Waals surface area contributed by atoms with Gasteiger partial charge in [-0.3, -0.25) is 4.79 Å². The van der Waals surface area contributed by atoms with E-state index in [1.54, 1.807) is 24.3 Å². The standard InChI is InChI=1S/C25H31N3O5S/c1-4-32-21-13-12-18(15-22(21)33-5-2)17(3)26-25(29)19-9-8-14-28(16-19)24-20-10-6-7-11-23(20)34(30,31)27-24/h6-7,10-13,15,17,19H,4-5,8-9,14,16H2,1-3H3,(H,26,29)/t17-,19-/m0/s1. The number of nitrogens with one attached hydrogen (secondary N) is 1. The van der Waals surface area contributed by atoms with Crippen molar-refractivity contribution in [1.82, 2.24) is 10.2 Å². The molecule has 0 saturated carbocycles. The van der Waals surface area contributed by atoms with Gasteiger partial charge >= 0.3 is 0 Å². The molecule has 0 unspecified atom stereocenters. The third-order valence-corrected chi connectivity index (χ3v) is 7.46. The Hall–Kier alpha value is -3.07. The molecule has 1 amide bonds. The van der Waals surface area contributed by atoms with Crippen molar-refractivity contribution in [3.63, 3.8) is 0 Å². The molecule has 9 heteroatoms. The highest BCUT2D eigenvalue weighted by atomic mass is 32.2. The van der Waals surface area contributed by atoms with Crippen LogP contribution in [0.5, 0.6) is 11.5 Å². The summed E-state index contributed by atoms with van der Waals surface area (Å²) in [6.07, 6.45) is 1.52. The number of amides is 1. The lowest BCUT2D eigenvalue weighted by atomic mass is 9.95. The van der Waals surface area contributed by atoms with Crippen LogP contribution in [-0.4, -0.2) is 51.4 Å². The van der Waals surface area contributed by atoms with Crippen LogP contribution in [0.4, 0.5) is 0 Å². The zero-order valence-corrected chi connectivity index (χ0v) is 20.6. The molecule has 2 heterocycles. The van der Waals surface area contributed by atoms with Crippen LogP contribution in [0.2, 0.25) is 0 Å². The normalized spacial score (nSPS) is 19.7. The Kier molecular flexibility index (Phi) is 7.11. The van der Waals surface area contributed by atoms with E-state index in [4.69, 9.17) is 9.47 Å². The third-order valence-electron chi connectivity index (χ3n) is 6.13. The second-order valence-corrected chi connectivity index (χ2v) is 10.0. The predicted octanol–water partition coefficient (Wildman–Crippen LogP) is 3.52. The number of nitrogens with zero attached hydrogens (tertiary/aromatic N) is 2. The minimum absolute atomic E-state index is 0.0567. The highest BCUT2D eigenvalue weighted by molar-refractivity contribution is 7.90. The van der Waals surface area contributed by atoms with Crippen molar-refractivity contribution in [2.75, 3.05) is 26.3 Å². The molecule has 2 atom stereocenters. The maximum absolute atomic E-state index is 13.1. The van der Waals surface area contributed by atoms with Crippen LogP contribution in [0.1, 0.15) is 50.8 Å². The molecule has 0 bridgehead atoms. The maximum Gasteiger partial charge on any atom is 0.285 e. The first-order chi connectivity index (χ1) is 16.3. The fourth-order valence-electron chi connectivity index (χ4n) is 4.45. The number of ether oxygens (including phenoxy) is 2. The quantitative estimate of drug-likeness (QED) is 0.645. The van der Waals surface area contributed by atoms with Crippen molar-refractivity contribution in [2.45, 2.75) is 44.6 Å². The van der Waals surface area contributed by atoms with Gasteiger partial charge in [0, 0.05) is 18.7 Å². The molecule has 1 N–H and O–H groups in total. The van der Waals surface area contributed by atoms with Gasteiger partial charge in [0.2, 0.25) is 5.91 Å². The monoisotopic (exact) mass is 485 g/mol. The van der Waals surface area contributed by atoms with Crippen LogP contribution < -0.4 is 14.8 Å². The summed E-state index contributed by atoms with van der Waals surface area (Å²) in [4.78, 5) is 15.3. The van der Waals surface area contributed by atoms with Crippen molar-refractivity contribution in [2.24, 2.45) is 10.3 Å². The lowest BCUT2D eigenvalue weighted by Gasteiger charge is -2.34. The maximum atomic E-state index is 13.1. The average Bonchev–Trinajstić information content (AvgIpc) is 3.11. The number of carbonyl (C=O) groups excluding carboxylic acids is 1. The number of hydrogen-bond acceptors (Lipinski definition) is 6. The van der Waals surface area contributed by atoms with Gasteiger partial charge < -0.3 is 19.7 Å². The number of benzene rings is 2. The first kappa shape index (κ1) is 24.1. The summed E-state index contributed by atoms with van der Waals surface area (Å²) in [5.41, 5.74) is 1.53. The zero-order valence-electron chi connectivity index (χ0n) is 19.8. The molecule has 2 aliphatic rings. The molecule has 0 radical (unpaired) electrons. The molecular weight excluding hydrogens is 454 g/mol. The Balaban J connectivity index is 1.46. The molecule has 0 aromatic heterocycles. The van der Waals surface area contributed by atoms with Gasteiger partial charge in [0.05, 0.1) is 25.2 Å². The van der Waals surface area contributed by atoms with Gasteiger partial charge in [-0.1, -0.05) is 18.2 Å². The van der Waals surface area contributed by atoms with E-state index < -0.39 is 10.0 Å². The number of rotatable bonds is 7. The Morgan fingerprint density at radius 1 is 1.15 bits per heavy atom. The molecular formula is C25H31N3O5S. The van der Waals surface area contributed by atoms with E-state index in [1.807, 2.05) is 43.9 Å². The Bertz CT molecular complexity index is 1190. The number of likely N-dealkylation sites (tertiary alicyclic amines) is 1. The minimum atomic E-state index is -3.69. The summed E-state index contributed by atoms with van der Waals surface area (Å²) in [5.74, 6) is 1.46. The van der Waals surface area contributed by atoms with Crippen molar-refractivity contribution in [3.05, 3.63) is 53.6 Å². The first-order valence-electron chi connectivity index (χ1n) is 11.7. The van der Waals surface area contributed by atoms with Crippen molar-refractivity contribution < 1.29 is 22.7 Å². The SMILES string of the molecule is CCOc1ccc([C@H](C)NC(=O)[C@H]2CCCN(C3=NS(=O)(=O)c4ccccc43)C2)cc1OCC. The molecule has 0 aliphatic carbocycles. The van der Waals surface area contributed by atoms with Gasteiger partial charge in [-0.05, 0) is 63.4 Å². The van der Waals surface area contributed by atoms with Crippen molar-refractivity contribution in [1.29, 1.82) is 0 Å². The smallest absolute Gasteiger partial charge is 0.285 e. The second kappa shape index (κ2) is 10.0. The van der Waals surface area contributed by atoms with Crippen molar-refractivity contribution >= 4 is 21.8 Å². The van der Waals surface area contributed by atoms with Gasteiger partial charge in [-0.2, -0.15) is 8.42 Å². The predicted molar refractivity (Wildman–Crippen MR) is 130 cm³/mol. The van der Waals surface area contributed by atoms with E-state index in [2.05, 4.69) is 9.71 Å². The van der Waals surface area contributed by atoms with Crippen LogP contribution in [0, 0.1) is 5.92 Å². The van der Waals surface area contributed by atoms with Gasteiger partial charge in [0.1, 0.15) is 4.90 Å². The lowest BCUT2D eigenvalue weighted by molar-refractivity contribution is -0.126. The number of piperidine rings is 1. The minimum Gasteiger partial charge on any atom is -0.490 e. The van der Waals surface area contributed by atoms with Crippen LogP contribution in [-0.2, 0) is 14.8 Å². The molecule has 1 saturated heterocycles. The number of hydrogen-bond donors (Lipinski definition) is 1. The zero-order chi connectivity index (χ0) is 24.3. The van der Waals surface area contributed by atoms with E-state index in [0.29, 0.717) is 49.2 Å². The largest absolute Gasteiger partial charge is 0.490 e. The fourth-order valence-corrected chi connectivity index (χ4v) is 5.68. The number of fused-ring (bicyclic) bond motifs is 1. The van der Waals surface area contributed by atoms with Crippen LogP contribution in [0.3, 0.4) is 0 Å². The molecule has 1 fully saturated rings. The summed E-state index contributed by atoms with van der Waals surface area (Å²) in [6.45, 7) is 7.93. The fraction of sp³-hybridized carbons (Fsp3) is 0.440. The van der Waals surface area contributed by atoms with Crippen LogP contribution >= 0.6 is 0 Å². The third kappa shape index (κ3) is 4.89. The van der Waals surface area contributed by atoms with Crippen molar-refractivity contribution in [3.8, 4) is 11.5 Å². The van der Waals surface area contributed by atoms with Gasteiger partial charge in [-0.25, -0.2) is 0 Å². The molecule has 2 aromatic carbocycles. The Labute approximate surface area is 201 Å². The summed E-state index contributed by atoms with van der Waals surface area (Å²) in [5, 5.41) is 3.11. The summed E-state index contributed by atoms with van der Waals surface area (Å²) < 4.78 is 40.3. The van der Waals surface area contributed by atoms with Gasteiger partial charge in [0.15, 0.2) is 17.3 Å². The lowest BCUT2D eigenvalue weighted by Crippen LogP contribution is -2.45. The number of sulfonamides is 1. The second-order valence-electron chi connectivity index (χ2n) is 8.47. The highest BCUT2D eigenvalue weighted by Gasteiger charge is 2.35. The van der Waals surface area contributed by atoms with Gasteiger partial charge in [0.25, 0.3) is 10.0 Å². The molecule has 182 valence electrons. The van der Waals surface area contributed by atoms with E-state index in [-0.39, 0.29) is 22.8 Å². The highest BCUT2D eigenvalue weighted by Crippen LogP contribution is 2.32. The number of amidine groups is 1. The van der Waals surface area contributed by atoms with E-state index >= 15 is 0 Å². The molecule has 2 aliphatic heterocycles. The summed E-state index contributed by atoms with van der Waals surface area (Å²) in [7, 11) is -3.69. The van der Waals surface area contributed by atoms with Gasteiger partial charge in [-0.15, -0.1) is 4.40 Å². The Morgan fingerprint density at radius 3 is 2.65 bits per heavy atom. The Morgan fingerprint density at radius 2 is 1.88 bits per heavy atom. The van der Waals surface area contributed by atoms with E-state index in [1.165, 1.54) is 0 Å². The molecule has 34 heavy (non-hydrogen) atoms. The first-order valence-corrected chi connectivity index (χ1v) is 13.2. The molecule has 8 nitrogen and oxygen atoms in total.